The lowest BCUT2D eigenvalue weighted by Crippen LogP contribution is -2.46. The van der Waals surface area contributed by atoms with Gasteiger partial charge < -0.3 is 20.5 Å². The normalized spacial score (nSPS) is 19.7. The van der Waals surface area contributed by atoms with Crippen LogP contribution in [-0.2, 0) is 16.8 Å². The van der Waals surface area contributed by atoms with E-state index in [1.165, 1.54) is 0 Å². The lowest BCUT2D eigenvalue weighted by molar-refractivity contribution is -0.120. The summed E-state index contributed by atoms with van der Waals surface area (Å²) in [4.78, 5) is 15.8. The van der Waals surface area contributed by atoms with Crippen LogP contribution in [0.2, 0.25) is 0 Å². The van der Waals surface area contributed by atoms with Crippen LogP contribution in [0.15, 0.2) is 70.5 Å². The van der Waals surface area contributed by atoms with E-state index in [9.17, 15) is 10.1 Å². The lowest BCUT2D eigenvalue weighted by Gasteiger charge is -2.32. The van der Waals surface area contributed by atoms with Gasteiger partial charge in [-0.3, -0.25) is 4.79 Å². The molecule has 2 aliphatic heterocycles. The molecule has 5 rings (SSSR count). The highest BCUT2D eigenvalue weighted by Crippen LogP contribution is 2.55. The molecule has 0 saturated carbocycles. The smallest absolute Gasteiger partial charge is 0.248 e. The van der Waals surface area contributed by atoms with Crippen LogP contribution >= 0.6 is 0 Å². The molecule has 3 heterocycles. The van der Waals surface area contributed by atoms with Crippen molar-refractivity contribution in [2.45, 2.75) is 18.9 Å². The topological polar surface area (TPSA) is 108 Å². The molecule has 7 heteroatoms. The van der Waals surface area contributed by atoms with Gasteiger partial charge in [0.1, 0.15) is 17.3 Å². The Labute approximate surface area is 167 Å². The predicted octanol–water partition coefficient (Wildman–Crippen LogP) is 2.94. The number of carbonyl (C=O) groups excluding carboxylic acids is 1. The van der Waals surface area contributed by atoms with E-state index in [1.54, 1.807) is 11.8 Å². The first-order valence-electron chi connectivity index (χ1n) is 9.18. The number of rotatable bonds is 2. The fraction of sp³-hybridized carbons (Fsp3) is 0.136. The first-order chi connectivity index (χ1) is 14.1. The van der Waals surface area contributed by atoms with E-state index in [4.69, 9.17) is 10.3 Å². The summed E-state index contributed by atoms with van der Waals surface area (Å²) in [6.07, 6.45) is 0. The fourth-order valence-corrected chi connectivity index (χ4v) is 4.41. The summed E-state index contributed by atoms with van der Waals surface area (Å²) < 4.78 is 5.40. The zero-order valence-electron chi connectivity index (χ0n) is 15.6. The van der Waals surface area contributed by atoms with E-state index in [0.717, 1.165) is 11.3 Å². The number of aromatic nitrogens is 1. The van der Waals surface area contributed by atoms with Gasteiger partial charge in [0, 0.05) is 11.3 Å². The molecule has 3 N–H and O–H groups in total. The van der Waals surface area contributed by atoms with Crippen molar-refractivity contribution < 1.29 is 9.32 Å². The van der Waals surface area contributed by atoms with Crippen molar-refractivity contribution in [2.24, 2.45) is 5.73 Å². The highest BCUT2D eigenvalue weighted by atomic mass is 16.5. The molecule has 0 saturated heterocycles. The van der Waals surface area contributed by atoms with Crippen molar-refractivity contribution in [2.75, 3.05) is 10.2 Å². The predicted molar refractivity (Wildman–Crippen MR) is 107 cm³/mol. The minimum Gasteiger partial charge on any atom is -0.384 e. The van der Waals surface area contributed by atoms with Gasteiger partial charge in [0.2, 0.25) is 11.8 Å². The Morgan fingerprint density at radius 3 is 2.69 bits per heavy atom. The van der Waals surface area contributed by atoms with Gasteiger partial charge in [-0.15, -0.1) is 0 Å². The summed E-state index contributed by atoms with van der Waals surface area (Å²) in [5.41, 5.74) is 8.46. The van der Waals surface area contributed by atoms with Crippen LogP contribution in [0.25, 0.3) is 0 Å². The van der Waals surface area contributed by atoms with E-state index in [0.29, 0.717) is 29.2 Å². The molecule has 1 unspecified atom stereocenters. The minimum absolute atomic E-state index is 0.0980. The summed E-state index contributed by atoms with van der Waals surface area (Å²) in [5, 5.41) is 16.9. The maximum atomic E-state index is 14.1. The third-order valence-corrected chi connectivity index (χ3v) is 5.59. The Balaban J connectivity index is 1.80. The molecule has 142 valence electrons. The molecule has 29 heavy (non-hydrogen) atoms. The van der Waals surface area contributed by atoms with Gasteiger partial charge in [-0.25, -0.2) is 0 Å². The highest BCUT2D eigenvalue weighted by molar-refractivity contribution is 6.14. The number of fused-ring (bicyclic) bond motifs is 4. The largest absolute Gasteiger partial charge is 0.384 e. The fourth-order valence-electron chi connectivity index (χ4n) is 4.41. The Morgan fingerprint density at radius 2 is 1.93 bits per heavy atom. The van der Waals surface area contributed by atoms with Gasteiger partial charge in [-0.2, -0.15) is 5.26 Å². The molecular weight excluding hydrogens is 366 g/mol. The molecule has 1 amide bonds. The second kappa shape index (κ2) is 5.97. The number of anilines is 2. The van der Waals surface area contributed by atoms with E-state index in [2.05, 4.69) is 16.5 Å². The average Bonchev–Trinajstić information content (AvgIpc) is 3.21. The zero-order chi connectivity index (χ0) is 20.2. The third kappa shape index (κ3) is 2.11. The molecule has 2 aromatic carbocycles. The number of nitrogens with two attached hydrogens (primary N) is 1. The van der Waals surface area contributed by atoms with Crippen LogP contribution < -0.4 is 16.0 Å². The van der Waals surface area contributed by atoms with Crippen LogP contribution in [0.3, 0.4) is 0 Å². The summed E-state index contributed by atoms with van der Waals surface area (Å²) >= 11 is 0. The van der Waals surface area contributed by atoms with E-state index >= 15 is 0 Å². The molecular formula is C22H17N5O2. The molecule has 1 atom stereocenters. The Kier molecular flexibility index (Phi) is 3.52. The molecule has 1 spiro atoms. The number of nitrogens with zero attached hydrogens (tertiary/aromatic N) is 3. The Hall–Kier alpha value is -4.05. The molecule has 1 aromatic heterocycles. The SMILES string of the molecule is Cc1noc2c1C1(C(=O)N(Cc3ccccc3)c3ccccc31)C(C#N)=C(N)N2. The highest BCUT2D eigenvalue weighted by Gasteiger charge is 2.60. The van der Waals surface area contributed by atoms with Crippen LogP contribution in [0.1, 0.15) is 22.4 Å². The van der Waals surface area contributed by atoms with Gasteiger partial charge >= 0.3 is 0 Å². The van der Waals surface area contributed by atoms with Gasteiger partial charge in [0.25, 0.3) is 0 Å². The van der Waals surface area contributed by atoms with Crippen molar-refractivity contribution >= 4 is 17.5 Å². The van der Waals surface area contributed by atoms with Crippen LogP contribution in [0.4, 0.5) is 11.6 Å². The van der Waals surface area contributed by atoms with Gasteiger partial charge in [-0.05, 0) is 18.6 Å². The molecule has 7 nitrogen and oxygen atoms in total. The summed E-state index contributed by atoms with van der Waals surface area (Å²) in [7, 11) is 0. The Bertz CT molecular complexity index is 1220. The molecule has 3 aromatic rings. The number of hydrogen-bond donors (Lipinski definition) is 2. The number of hydrogen-bond acceptors (Lipinski definition) is 6. The number of aryl methyl sites for hydroxylation is 1. The molecule has 0 bridgehead atoms. The number of nitriles is 1. The zero-order valence-corrected chi connectivity index (χ0v) is 15.6. The number of benzene rings is 2. The van der Waals surface area contributed by atoms with Crippen molar-refractivity contribution in [3.05, 3.63) is 88.4 Å². The number of nitrogens with one attached hydrogen (secondary N) is 1. The molecule has 0 radical (unpaired) electrons. The summed E-state index contributed by atoms with van der Waals surface area (Å²) in [6, 6.07) is 19.4. The van der Waals surface area contributed by atoms with E-state index < -0.39 is 5.41 Å². The summed E-state index contributed by atoms with van der Waals surface area (Å²) in [6.45, 7) is 2.14. The first-order valence-corrected chi connectivity index (χ1v) is 9.18. The minimum atomic E-state index is -1.38. The molecule has 0 fully saturated rings. The second-order valence-electron chi connectivity index (χ2n) is 7.14. The maximum absolute atomic E-state index is 14.1. The van der Waals surface area contributed by atoms with Crippen LogP contribution in [-0.4, -0.2) is 11.1 Å². The number of para-hydroxylation sites is 1. The third-order valence-electron chi connectivity index (χ3n) is 5.59. The second-order valence-corrected chi connectivity index (χ2v) is 7.14. The summed E-state index contributed by atoms with van der Waals surface area (Å²) in [5.74, 6) is 0.153. The van der Waals surface area contributed by atoms with Crippen molar-refractivity contribution in [3.63, 3.8) is 0 Å². The van der Waals surface area contributed by atoms with Crippen molar-refractivity contribution in [1.82, 2.24) is 5.16 Å². The average molecular weight is 383 g/mol. The van der Waals surface area contributed by atoms with Gasteiger partial charge in [0.05, 0.1) is 23.4 Å². The van der Waals surface area contributed by atoms with Gasteiger partial charge in [0.15, 0.2) is 0 Å². The number of amides is 1. The van der Waals surface area contributed by atoms with E-state index in [-0.39, 0.29) is 17.3 Å². The quantitative estimate of drug-likeness (QED) is 0.704. The molecule has 0 aliphatic carbocycles. The monoisotopic (exact) mass is 383 g/mol. The van der Waals surface area contributed by atoms with Crippen molar-refractivity contribution in [3.8, 4) is 6.07 Å². The maximum Gasteiger partial charge on any atom is 0.248 e. The lowest BCUT2D eigenvalue weighted by atomic mass is 9.68. The van der Waals surface area contributed by atoms with E-state index in [1.807, 2.05) is 54.6 Å². The standard InChI is InChI=1S/C22H17N5O2/c1-13-18-20(29-26-13)25-19(24)16(11-23)22(18)15-9-5-6-10-17(15)27(21(22)28)12-14-7-3-2-4-8-14/h2-10,25H,12,24H2,1H3. The van der Waals surface area contributed by atoms with Crippen molar-refractivity contribution in [1.29, 1.82) is 5.26 Å². The Morgan fingerprint density at radius 1 is 1.21 bits per heavy atom. The van der Waals surface area contributed by atoms with Crippen LogP contribution in [0.5, 0.6) is 0 Å². The first kappa shape index (κ1) is 17.1. The van der Waals surface area contributed by atoms with Gasteiger partial charge in [-0.1, -0.05) is 53.7 Å². The molecule has 2 aliphatic rings. The van der Waals surface area contributed by atoms with Crippen LogP contribution in [0, 0.1) is 18.3 Å². The number of carbonyl (C=O) groups is 1.